The molecule has 0 saturated carbocycles. The van der Waals surface area contributed by atoms with E-state index in [1.807, 2.05) is 43.3 Å². The van der Waals surface area contributed by atoms with Gasteiger partial charge in [-0.15, -0.1) is 0 Å². The lowest BCUT2D eigenvalue weighted by Gasteiger charge is -2.11. The minimum atomic E-state index is -0.160. The van der Waals surface area contributed by atoms with Gasteiger partial charge in [0.05, 0.1) is 5.56 Å². The van der Waals surface area contributed by atoms with Crippen molar-refractivity contribution in [3.05, 3.63) is 64.2 Å². The van der Waals surface area contributed by atoms with Crippen LogP contribution in [0, 0.1) is 0 Å². The predicted octanol–water partition coefficient (Wildman–Crippen LogP) is 3.59. The standard InChI is InChI=1S/C17H16ClNO2/c1-11-7-13-8-14(18)9-15(16(13)21-11)17(20)19-10-12-5-3-2-4-6-12/h2-6,8-9,11H,7,10H2,1H3,(H,19,20)/t11-/m0/s1. The van der Waals surface area contributed by atoms with Crippen molar-refractivity contribution in [3.8, 4) is 5.75 Å². The highest BCUT2D eigenvalue weighted by Crippen LogP contribution is 2.35. The first kappa shape index (κ1) is 14.0. The molecule has 2 aromatic carbocycles. The summed E-state index contributed by atoms with van der Waals surface area (Å²) in [7, 11) is 0. The number of hydrogen-bond donors (Lipinski definition) is 1. The van der Waals surface area contributed by atoms with Gasteiger partial charge < -0.3 is 10.1 Å². The number of nitrogens with one attached hydrogen (secondary N) is 1. The number of carbonyl (C=O) groups is 1. The summed E-state index contributed by atoms with van der Waals surface area (Å²) in [6.45, 7) is 2.47. The van der Waals surface area contributed by atoms with Crippen molar-refractivity contribution in [2.75, 3.05) is 0 Å². The first-order valence-electron chi connectivity index (χ1n) is 6.94. The summed E-state index contributed by atoms with van der Waals surface area (Å²) < 4.78 is 5.75. The third kappa shape index (κ3) is 3.03. The molecule has 0 fully saturated rings. The van der Waals surface area contributed by atoms with Crippen molar-refractivity contribution < 1.29 is 9.53 Å². The van der Waals surface area contributed by atoms with Crippen LogP contribution < -0.4 is 10.1 Å². The fourth-order valence-electron chi connectivity index (χ4n) is 2.54. The Kier molecular flexibility index (Phi) is 3.84. The number of amides is 1. The number of benzene rings is 2. The second kappa shape index (κ2) is 5.78. The van der Waals surface area contributed by atoms with Crippen LogP contribution in [0.2, 0.25) is 5.02 Å². The summed E-state index contributed by atoms with van der Waals surface area (Å²) >= 11 is 6.10. The molecular formula is C17H16ClNO2. The Morgan fingerprint density at radius 3 is 2.86 bits per heavy atom. The number of halogens is 1. The molecule has 2 aromatic rings. The quantitative estimate of drug-likeness (QED) is 0.941. The van der Waals surface area contributed by atoms with Gasteiger partial charge in [-0.3, -0.25) is 4.79 Å². The molecule has 4 heteroatoms. The Morgan fingerprint density at radius 2 is 2.10 bits per heavy atom. The molecule has 1 aliphatic heterocycles. The van der Waals surface area contributed by atoms with Gasteiger partial charge in [0.1, 0.15) is 11.9 Å². The van der Waals surface area contributed by atoms with E-state index < -0.39 is 0 Å². The third-order valence-electron chi connectivity index (χ3n) is 3.50. The maximum absolute atomic E-state index is 12.4. The van der Waals surface area contributed by atoms with Crippen LogP contribution in [0.15, 0.2) is 42.5 Å². The fraction of sp³-hybridized carbons (Fsp3) is 0.235. The monoisotopic (exact) mass is 301 g/mol. The van der Waals surface area contributed by atoms with Crippen LogP contribution in [0.25, 0.3) is 0 Å². The lowest BCUT2D eigenvalue weighted by Crippen LogP contribution is -2.23. The second-order valence-corrected chi connectivity index (χ2v) is 5.68. The van der Waals surface area contributed by atoms with Crippen molar-refractivity contribution in [2.24, 2.45) is 0 Å². The Morgan fingerprint density at radius 1 is 1.33 bits per heavy atom. The highest BCUT2D eigenvalue weighted by atomic mass is 35.5. The van der Waals surface area contributed by atoms with E-state index in [2.05, 4.69) is 5.32 Å². The number of hydrogen-bond acceptors (Lipinski definition) is 2. The molecule has 1 atom stereocenters. The zero-order valence-corrected chi connectivity index (χ0v) is 12.5. The average molecular weight is 302 g/mol. The van der Waals surface area contributed by atoms with E-state index in [0.29, 0.717) is 22.9 Å². The molecule has 1 N–H and O–H groups in total. The zero-order valence-electron chi connectivity index (χ0n) is 11.7. The Balaban J connectivity index is 1.79. The summed E-state index contributed by atoms with van der Waals surface area (Å²) in [4.78, 5) is 12.4. The Bertz CT molecular complexity index is 670. The predicted molar refractivity (Wildman–Crippen MR) is 82.9 cm³/mol. The summed E-state index contributed by atoms with van der Waals surface area (Å²) in [5.74, 6) is 0.504. The summed E-state index contributed by atoms with van der Waals surface area (Å²) in [5.41, 5.74) is 2.57. The van der Waals surface area contributed by atoms with Crippen LogP contribution in [0.5, 0.6) is 5.75 Å². The summed E-state index contributed by atoms with van der Waals surface area (Å²) in [5, 5.41) is 3.48. The lowest BCUT2D eigenvalue weighted by atomic mass is 10.1. The van der Waals surface area contributed by atoms with E-state index >= 15 is 0 Å². The maximum atomic E-state index is 12.4. The maximum Gasteiger partial charge on any atom is 0.255 e. The molecule has 0 aliphatic carbocycles. The van der Waals surface area contributed by atoms with Crippen LogP contribution in [-0.4, -0.2) is 12.0 Å². The van der Waals surface area contributed by atoms with Gasteiger partial charge in [-0.05, 0) is 24.6 Å². The normalized spacial score (nSPS) is 16.2. The van der Waals surface area contributed by atoms with E-state index in [9.17, 15) is 4.79 Å². The van der Waals surface area contributed by atoms with Gasteiger partial charge >= 0.3 is 0 Å². The molecule has 21 heavy (non-hydrogen) atoms. The van der Waals surface area contributed by atoms with Crippen LogP contribution in [0.3, 0.4) is 0 Å². The van der Waals surface area contributed by atoms with E-state index in [0.717, 1.165) is 17.5 Å². The lowest BCUT2D eigenvalue weighted by molar-refractivity contribution is 0.0946. The fourth-order valence-corrected chi connectivity index (χ4v) is 2.78. The van der Waals surface area contributed by atoms with Crippen molar-refractivity contribution in [1.29, 1.82) is 0 Å². The zero-order chi connectivity index (χ0) is 14.8. The highest BCUT2D eigenvalue weighted by Gasteiger charge is 2.25. The number of fused-ring (bicyclic) bond motifs is 1. The second-order valence-electron chi connectivity index (χ2n) is 5.24. The number of ether oxygens (including phenoxy) is 1. The van der Waals surface area contributed by atoms with E-state index in [1.54, 1.807) is 6.07 Å². The molecule has 0 bridgehead atoms. The molecule has 0 saturated heterocycles. The minimum Gasteiger partial charge on any atom is -0.489 e. The molecule has 1 aliphatic rings. The third-order valence-corrected chi connectivity index (χ3v) is 3.72. The highest BCUT2D eigenvalue weighted by molar-refractivity contribution is 6.31. The van der Waals surface area contributed by atoms with Crippen LogP contribution >= 0.6 is 11.6 Å². The van der Waals surface area contributed by atoms with Gasteiger partial charge in [0.15, 0.2) is 0 Å². The molecular weight excluding hydrogens is 286 g/mol. The Hall–Kier alpha value is -2.00. The van der Waals surface area contributed by atoms with Gasteiger partial charge in [0, 0.05) is 23.6 Å². The van der Waals surface area contributed by atoms with Crippen LogP contribution in [-0.2, 0) is 13.0 Å². The van der Waals surface area contributed by atoms with E-state index in [1.165, 1.54) is 0 Å². The smallest absolute Gasteiger partial charge is 0.255 e. The number of carbonyl (C=O) groups excluding carboxylic acids is 1. The van der Waals surface area contributed by atoms with E-state index in [4.69, 9.17) is 16.3 Å². The number of rotatable bonds is 3. The van der Waals surface area contributed by atoms with Crippen molar-refractivity contribution >= 4 is 17.5 Å². The SMILES string of the molecule is C[C@H]1Cc2cc(Cl)cc(C(=O)NCc3ccccc3)c2O1. The summed E-state index contributed by atoms with van der Waals surface area (Å²) in [6.07, 6.45) is 0.869. The van der Waals surface area contributed by atoms with Gasteiger partial charge in [-0.2, -0.15) is 0 Å². The average Bonchev–Trinajstić information content (AvgIpc) is 2.85. The molecule has 0 spiro atoms. The molecule has 0 unspecified atom stereocenters. The first-order chi connectivity index (χ1) is 10.1. The molecule has 3 nitrogen and oxygen atoms in total. The molecule has 3 rings (SSSR count). The first-order valence-corrected chi connectivity index (χ1v) is 7.32. The van der Waals surface area contributed by atoms with Gasteiger partial charge in [0.25, 0.3) is 5.91 Å². The molecule has 0 radical (unpaired) electrons. The molecule has 1 amide bonds. The molecule has 108 valence electrons. The Labute approximate surface area is 128 Å². The van der Waals surface area contributed by atoms with E-state index in [-0.39, 0.29) is 12.0 Å². The topological polar surface area (TPSA) is 38.3 Å². The van der Waals surface area contributed by atoms with Crippen molar-refractivity contribution in [2.45, 2.75) is 26.0 Å². The van der Waals surface area contributed by atoms with Crippen LogP contribution in [0.1, 0.15) is 28.4 Å². The van der Waals surface area contributed by atoms with Crippen molar-refractivity contribution in [1.82, 2.24) is 5.32 Å². The van der Waals surface area contributed by atoms with Gasteiger partial charge in [-0.25, -0.2) is 0 Å². The van der Waals surface area contributed by atoms with Gasteiger partial charge in [0.2, 0.25) is 0 Å². The van der Waals surface area contributed by atoms with Gasteiger partial charge in [-0.1, -0.05) is 41.9 Å². The van der Waals surface area contributed by atoms with Crippen LogP contribution in [0.4, 0.5) is 0 Å². The summed E-state index contributed by atoms with van der Waals surface area (Å²) in [6, 6.07) is 13.3. The molecule has 0 aromatic heterocycles. The largest absolute Gasteiger partial charge is 0.489 e. The molecule has 1 heterocycles. The minimum absolute atomic E-state index is 0.0825. The van der Waals surface area contributed by atoms with Crippen molar-refractivity contribution in [3.63, 3.8) is 0 Å².